The van der Waals surface area contributed by atoms with Crippen LogP contribution in [0.5, 0.6) is 11.5 Å². The molecule has 0 saturated carbocycles. The Labute approximate surface area is 184 Å². The molecule has 0 bridgehead atoms. The number of terminal acetylenes is 1. The highest BCUT2D eigenvalue weighted by molar-refractivity contribution is 9.10. The molecule has 0 unspecified atom stereocenters. The van der Waals surface area contributed by atoms with Gasteiger partial charge < -0.3 is 14.8 Å². The first-order valence-corrected chi connectivity index (χ1v) is 10.1. The number of ether oxygens (including phenoxy) is 2. The van der Waals surface area contributed by atoms with Crippen LogP contribution >= 0.6 is 15.9 Å². The summed E-state index contributed by atoms with van der Waals surface area (Å²) in [5.74, 6) is 3.01. The molecule has 0 aromatic heterocycles. The standard InChI is InChI=1S/C23H21BrN2O4/c1-4-10-30-21-13-18(24)17(12-20(21)29-5-2)11-19-22(27)26(23(28)25-19)14-16-8-6-15(3)7-9-16/h1,6-9,11-13H,5,10,14H2,2-3H3,(H,25,28)/b19-11+. The summed E-state index contributed by atoms with van der Waals surface area (Å²) in [6.45, 7) is 4.58. The van der Waals surface area contributed by atoms with Gasteiger partial charge in [0, 0.05) is 4.47 Å². The summed E-state index contributed by atoms with van der Waals surface area (Å²) < 4.78 is 11.8. The molecule has 1 saturated heterocycles. The quantitative estimate of drug-likeness (QED) is 0.374. The lowest BCUT2D eigenvalue weighted by Gasteiger charge is -2.13. The molecule has 0 radical (unpaired) electrons. The Bertz CT molecular complexity index is 1040. The smallest absolute Gasteiger partial charge is 0.329 e. The number of carbonyl (C=O) groups is 2. The number of imide groups is 1. The number of urea groups is 1. The summed E-state index contributed by atoms with van der Waals surface area (Å²) in [6, 6.07) is 10.7. The van der Waals surface area contributed by atoms with Gasteiger partial charge in [-0.1, -0.05) is 51.7 Å². The summed E-state index contributed by atoms with van der Waals surface area (Å²) >= 11 is 3.47. The molecule has 0 spiro atoms. The molecule has 1 N–H and O–H groups in total. The minimum atomic E-state index is -0.457. The van der Waals surface area contributed by atoms with Crippen molar-refractivity contribution < 1.29 is 19.1 Å². The van der Waals surface area contributed by atoms with E-state index in [9.17, 15) is 9.59 Å². The zero-order valence-corrected chi connectivity index (χ0v) is 18.3. The third-order valence-corrected chi connectivity index (χ3v) is 5.08. The number of nitrogens with zero attached hydrogens (tertiary/aromatic N) is 1. The highest BCUT2D eigenvalue weighted by Crippen LogP contribution is 2.35. The van der Waals surface area contributed by atoms with Gasteiger partial charge in [-0.15, -0.1) is 6.42 Å². The van der Waals surface area contributed by atoms with Gasteiger partial charge in [0.2, 0.25) is 0 Å². The first-order valence-electron chi connectivity index (χ1n) is 9.35. The summed E-state index contributed by atoms with van der Waals surface area (Å²) in [5, 5.41) is 2.64. The van der Waals surface area contributed by atoms with Gasteiger partial charge in [-0.25, -0.2) is 4.79 Å². The number of hydrogen-bond acceptors (Lipinski definition) is 4. The van der Waals surface area contributed by atoms with Gasteiger partial charge >= 0.3 is 6.03 Å². The molecule has 1 aliphatic heterocycles. The minimum absolute atomic E-state index is 0.107. The van der Waals surface area contributed by atoms with Crippen molar-refractivity contribution in [3.63, 3.8) is 0 Å². The molecule has 1 fully saturated rings. The molecule has 3 rings (SSSR count). The van der Waals surface area contributed by atoms with Crippen LogP contribution in [0.2, 0.25) is 0 Å². The van der Waals surface area contributed by atoms with Gasteiger partial charge in [-0.2, -0.15) is 0 Å². The molecule has 0 aliphatic carbocycles. The number of aryl methyl sites for hydroxylation is 1. The molecule has 2 aromatic rings. The topological polar surface area (TPSA) is 67.9 Å². The maximum atomic E-state index is 12.8. The first-order chi connectivity index (χ1) is 14.4. The van der Waals surface area contributed by atoms with Crippen LogP contribution in [0.3, 0.4) is 0 Å². The van der Waals surface area contributed by atoms with Crippen LogP contribution in [0.15, 0.2) is 46.6 Å². The highest BCUT2D eigenvalue weighted by atomic mass is 79.9. The van der Waals surface area contributed by atoms with Crippen molar-refractivity contribution in [1.29, 1.82) is 0 Å². The average Bonchev–Trinajstić information content (AvgIpc) is 2.98. The predicted octanol–water partition coefficient (Wildman–Crippen LogP) is 4.26. The van der Waals surface area contributed by atoms with Gasteiger partial charge in [0.15, 0.2) is 11.5 Å². The second-order valence-electron chi connectivity index (χ2n) is 6.61. The molecular weight excluding hydrogens is 448 g/mol. The Morgan fingerprint density at radius 3 is 2.53 bits per heavy atom. The number of halogens is 1. The monoisotopic (exact) mass is 468 g/mol. The molecule has 0 atom stereocenters. The maximum Gasteiger partial charge on any atom is 0.329 e. The van der Waals surface area contributed by atoms with Crippen LogP contribution in [0.1, 0.15) is 23.6 Å². The second-order valence-corrected chi connectivity index (χ2v) is 7.47. The van der Waals surface area contributed by atoms with Crippen LogP contribution in [-0.2, 0) is 11.3 Å². The van der Waals surface area contributed by atoms with E-state index in [1.165, 1.54) is 4.90 Å². The van der Waals surface area contributed by atoms with E-state index in [1.807, 2.05) is 38.1 Å². The fourth-order valence-corrected chi connectivity index (χ4v) is 3.35. The molecule has 154 valence electrons. The van der Waals surface area contributed by atoms with Crippen LogP contribution in [0.4, 0.5) is 4.79 Å². The molecule has 2 aromatic carbocycles. The number of rotatable bonds is 7. The van der Waals surface area contributed by atoms with Gasteiger partial charge in [0.1, 0.15) is 12.3 Å². The largest absolute Gasteiger partial charge is 0.490 e. The van der Waals surface area contributed by atoms with Crippen LogP contribution < -0.4 is 14.8 Å². The van der Waals surface area contributed by atoms with Crippen LogP contribution in [0.25, 0.3) is 6.08 Å². The minimum Gasteiger partial charge on any atom is -0.490 e. The van der Waals surface area contributed by atoms with E-state index in [2.05, 4.69) is 27.2 Å². The maximum absolute atomic E-state index is 12.8. The number of carbonyl (C=O) groups excluding carboxylic acids is 2. The van der Waals surface area contributed by atoms with Crippen molar-refractivity contribution in [2.45, 2.75) is 20.4 Å². The highest BCUT2D eigenvalue weighted by Gasteiger charge is 2.33. The summed E-state index contributed by atoms with van der Waals surface area (Å²) in [4.78, 5) is 26.3. The van der Waals surface area contributed by atoms with Crippen molar-refractivity contribution in [3.05, 3.63) is 63.3 Å². The van der Waals surface area contributed by atoms with Gasteiger partial charge in [-0.05, 0) is 43.2 Å². The number of nitrogens with one attached hydrogen (secondary N) is 1. The fourth-order valence-electron chi connectivity index (χ4n) is 2.91. The number of benzene rings is 2. The van der Waals surface area contributed by atoms with Crippen molar-refractivity contribution in [1.82, 2.24) is 10.2 Å². The van der Waals surface area contributed by atoms with Crippen molar-refractivity contribution in [3.8, 4) is 23.8 Å². The molecule has 6 nitrogen and oxygen atoms in total. The predicted molar refractivity (Wildman–Crippen MR) is 118 cm³/mol. The lowest BCUT2D eigenvalue weighted by molar-refractivity contribution is -0.123. The van der Waals surface area contributed by atoms with E-state index in [-0.39, 0.29) is 18.8 Å². The average molecular weight is 469 g/mol. The van der Waals surface area contributed by atoms with E-state index >= 15 is 0 Å². The zero-order chi connectivity index (χ0) is 21.7. The normalized spacial score (nSPS) is 14.6. The van der Waals surface area contributed by atoms with Crippen molar-refractivity contribution >= 4 is 33.9 Å². The summed E-state index contributed by atoms with van der Waals surface area (Å²) in [6.07, 6.45) is 6.87. The molecule has 1 aliphatic rings. The van der Waals surface area contributed by atoms with Crippen molar-refractivity contribution in [2.75, 3.05) is 13.2 Å². The van der Waals surface area contributed by atoms with Gasteiger partial charge in [0.25, 0.3) is 5.91 Å². The second kappa shape index (κ2) is 9.51. The first kappa shape index (κ1) is 21.5. The van der Waals surface area contributed by atoms with Gasteiger partial charge in [-0.3, -0.25) is 9.69 Å². The Morgan fingerprint density at radius 1 is 1.17 bits per heavy atom. The Hall–Kier alpha value is -3.24. The lowest BCUT2D eigenvalue weighted by Crippen LogP contribution is -2.30. The molecular formula is C23H21BrN2O4. The van der Waals surface area contributed by atoms with E-state index < -0.39 is 11.9 Å². The van der Waals surface area contributed by atoms with E-state index in [0.717, 1.165) is 11.1 Å². The number of hydrogen-bond donors (Lipinski definition) is 1. The Balaban J connectivity index is 1.86. The number of amides is 3. The van der Waals surface area contributed by atoms with Crippen LogP contribution in [0, 0.1) is 19.3 Å². The molecule has 30 heavy (non-hydrogen) atoms. The third kappa shape index (κ3) is 4.84. The Morgan fingerprint density at radius 2 is 1.87 bits per heavy atom. The van der Waals surface area contributed by atoms with Crippen molar-refractivity contribution in [2.24, 2.45) is 0 Å². The summed E-state index contributed by atoms with van der Waals surface area (Å²) in [7, 11) is 0. The zero-order valence-electron chi connectivity index (χ0n) is 16.7. The SMILES string of the molecule is C#CCOc1cc(Br)c(/C=C2/NC(=O)N(Cc3ccc(C)cc3)C2=O)cc1OCC. The van der Waals surface area contributed by atoms with E-state index in [1.54, 1.807) is 18.2 Å². The Kier molecular flexibility index (Phi) is 6.80. The summed E-state index contributed by atoms with van der Waals surface area (Å²) in [5.41, 5.74) is 2.83. The van der Waals surface area contributed by atoms with E-state index in [4.69, 9.17) is 15.9 Å². The molecule has 3 amide bonds. The fraction of sp³-hybridized carbons (Fsp3) is 0.217. The molecule has 7 heteroatoms. The lowest BCUT2D eigenvalue weighted by atomic mass is 10.1. The van der Waals surface area contributed by atoms with Crippen LogP contribution in [-0.4, -0.2) is 30.1 Å². The van der Waals surface area contributed by atoms with E-state index in [0.29, 0.717) is 28.1 Å². The van der Waals surface area contributed by atoms with Gasteiger partial charge in [0.05, 0.1) is 13.2 Å². The molecule has 1 heterocycles. The third-order valence-electron chi connectivity index (χ3n) is 4.40.